The van der Waals surface area contributed by atoms with Crippen molar-refractivity contribution >= 4 is 23.5 Å². The van der Waals surface area contributed by atoms with Crippen molar-refractivity contribution < 1.29 is 14.7 Å². The summed E-state index contributed by atoms with van der Waals surface area (Å²) in [4.78, 5) is 21.7. The molecule has 1 amide bonds. The third kappa shape index (κ3) is 1.61. The van der Waals surface area contributed by atoms with Crippen LogP contribution >= 0.6 is 0 Å². The SMILES string of the molecule is NC(=O)/C=C(\C(=O)O)C1=Cc2ccccc21. The lowest BCUT2D eigenvalue weighted by molar-refractivity contribution is -0.132. The maximum atomic E-state index is 11.0. The van der Waals surface area contributed by atoms with Crippen LogP contribution in [0.5, 0.6) is 0 Å². The van der Waals surface area contributed by atoms with Crippen LogP contribution in [-0.4, -0.2) is 17.0 Å². The molecule has 0 fully saturated rings. The Hall–Kier alpha value is -2.36. The molecule has 0 aliphatic heterocycles. The van der Waals surface area contributed by atoms with Crippen LogP contribution in [0.3, 0.4) is 0 Å². The van der Waals surface area contributed by atoms with E-state index < -0.39 is 11.9 Å². The zero-order chi connectivity index (χ0) is 11.7. The summed E-state index contributed by atoms with van der Waals surface area (Å²) in [6, 6.07) is 7.37. The number of aliphatic carboxylic acids is 1. The van der Waals surface area contributed by atoms with Crippen molar-refractivity contribution in [1.82, 2.24) is 0 Å². The summed E-state index contributed by atoms with van der Waals surface area (Å²) in [5.74, 6) is -1.91. The lowest BCUT2D eigenvalue weighted by Crippen LogP contribution is -2.14. The summed E-state index contributed by atoms with van der Waals surface area (Å²) >= 11 is 0. The molecule has 0 spiro atoms. The summed E-state index contributed by atoms with van der Waals surface area (Å²) in [6.45, 7) is 0. The second kappa shape index (κ2) is 3.66. The van der Waals surface area contributed by atoms with E-state index in [2.05, 4.69) is 0 Å². The number of fused-ring (bicyclic) bond motifs is 1. The van der Waals surface area contributed by atoms with Gasteiger partial charge in [0.25, 0.3) is 0 Å². The minimum Gasteiger partial charge on any atom is -0.478 e. The number of nitrogens with two attached hydrogens (primary N) is 1. The van der Waals surface area contributed by atoms with Gasteiger partial charge in [-0.15, -0.1) is 0 Å². The van der Waals surface area contributed by atoms with E-state index in [1.807, 2.05) is 24.3 Å². The minimum atomic E-state index is -1.15. The fourth-order valence-electron chi connectivity index (χ4n) is 1.64. The van der Waals surface area contributed by atoms with Gasteiger partial charge >= 0.3 is 5.97 Å². The van der Waals surface area contributed by atoms with Crippen LogP contribution in [0, 0.1) is 0 Å². The number of amides is 1. The molecule has 0 saturated heterocycles. The van der Waals surface area contributed by atoms with Crippen molar-refractivity contribution in [1.29, 1.82) is 0 Å². The molecule has 4 nitrogen and oxygen atoms in total. The Morgan fingerprint density at radius 3 is 2.50 bits per heavy atom. The zero-order valence-electron chi connectivity index (χ0n) is 8.31. The van der Waals surface area contributed by atoms with Crippen molar-refractivity contribution in [2.24, 2.45) is 5.73 Å². The predicted molar refractivity (Wildman–Crippen MR) is 59.2 cm³/mol. The normalized spacial score (nSPS) is 13.5. The fraction of sp³-hybridized carbons (Fsp3) is 0. The largest absolute Gasteiger partial charge is 0.478 e. The minimum absolute atomic E-state index is 0.0637. The number of carboxylic acids is 1. The van der Waals surface area contributed by atoms with E-state index >= 15 is 0 Å². The molecule has 0 heterocycles. The highest BCUT2D eigenvalue weighted by Crippen LogP contribution is 2.37. The molecule has 0 radical (unpaired) electrons. The molecule has 3 N–H and O–H groups in total. The van der Waals surface area contributed by atoms with Crippen LogP contribution in [-0.2, 0) is 9.59 Å². The molecule has 2 rings (SSSR count). The van der Waals surface area contributed by atoms with Crippen LogP contribution in [0.15, 0.2) is 35.9 Å². The van der Waals surface area contributed by atoms with E-state index in [9.17, 15) is 9.59 Å². The number of hydrogen-bond acceptors (Lipinski definition) is 2. The highest BCUT2D eigenvalue weighted by molar-refractivity contribution is 6.17. The molecule has 0 saturated carbocycles. The fourth-order valence-corrected chi connectivity index (χ4v) is 1.64. The second-order valence-electron chi connectivity index (χ2n) is 3.41. The van der Waals surface area contributed by atoms with Crippen molar-refractivity contribution in [3.05, 3.63) is 47.0 Å². The molecule has 80 valence electrons. The molecular formula is C12H9NO3. The lowest BCUT2D eigenvalue weighted by Gasteiger charge is -2.19. The first kappa shape index (κ1) is 10.2. The number of primary amides is 1. The lowest BCUT2D eigenvalue weighted by atomic mass is 9.84. The quantitative estimate of drug-likeness (QED) is 0.739. The van der Waals surface area contributed by atoms with Gasteiger partial charge in [-0.25, -0.2) is 4.79 Å². The Kier molecular flexibility index (Phi) is 2.32. The van der Waals surface area contributed by atoms with E-state index in [1.54, 1.807) is 6.08 Å². The average Bonchev–Trinajstić information content (AvgIpc) is 2.17. The number of carboxylic acid groups (broad SMARTS) is 1. The van der Waals surface area contributed by atoms with E-state index in [4.69, 9.17) is 10.8 Å². The number of carbonyl (C=O) groups excluding carboxylic acids is 1. The molecule has 1 aliphatic rings. The van der Waals surface area contributed by atoms with Gasteiger partial charge in [0, 0.05) is 6.08 Å². The third-order valence-corrected chi connectivity index (χ3v) is 2.36. The van der Waals surface area contributed by atoms with Gasteiger partial charge in [-0.2, -0.15) is 0 Å². The summed E-state index contributed by atoms with van der Waals surface area (Å²) in [6.07, 6.45) is 2.66. The van der Waals surface area contributed by atoms with Gasteiger partial charge in [-0.3, -0.25) is 4.79 Å². The van der Waals surface area contributed by atoms with Crippen LogP contribution in [0.2, 0.25) is 0 Å². The average molecular weight is 215 g/mol. The van der Waals surface area contributed by atoms with Crippen LogP contribution in [0.1, 0.15) is 11.1 Å². The monoisotopic (exact) mass is 215 g/mol. The number of benzene rings is 1. The van der Waals surface area contributed by atoms with E-state index in [0.29, 0.717) is 5.57 Å². The van der Waals surface area contributed by atoms with Crippen molar-refractivity contribution in [2.45, 2.75) is 0 Å². The first-order valence-corrected chi connectivity index (χ1v) is 4.65. The maximum Gasteiger partial charge on any atom is 0.336 e. The molecule has 4 heteroatoms. The Morgan fingerprint density at radius 1 is 1.25 bits per heavy atom. The highest BCUT2D eigenvalue weighted by Gasteiger charge is 2.23. The maximum absolute atomic E-state index is 11.0. The smallest absolute Gasteiger partial charge is 0.336 e. The first-order valence-electron chi connectivity index (χ1n) is 4.65. The Bertz CT molecular complexity index is 541. The van der Waals surface area contributed by atoms with E-state index in [0.717, 1.165) is 17.2 Å². The second-order valence-corrected chi connectivity index (χ2v) is 3.41. The zero-order valence-corrected chi connectivity index (χ0v) is 8.31. The molecule has 0 bridgehead atoms. The van der Waals surface area contributed by atoms with E-state index in [1.165, 1.54) is 0 Å². The van der Waals surface area contributed by atoms with Crippen molar-refractivity contribution in [3.8, 4) is 0 Å². The molecule has 1 aromatic carbocycles. The molecule has 1 aliphatic carbocycles. The van der Waals surface area contributed by atoms with Gasteiger partial charge in [0.15, 0.2) is 0 Å². The van der Waals surface area contributed by atoms with Gasteiger partial charge in [-0.1, -0.05) is 24.3 Å². The molecular weight excluding hydrogens is 206 g/mol. The summed E-state index contributed by atoms with van der Waals surface area (Å²) < 4.78 is 0. The van der Waals surface area contributed by atoms with E-state index in [-0.39, 0.29) is 5.57 Å². The number of rotatable bonds is 3. The topological polar surface area (TPSA) is 80.4 Å². The molecule has 0 atom stereocenters. The van der Waals surface area contributed by atoms with Crippen LogP contribution in [0.4, 0.5) is 0 Å². The van der Waals surface area contributed by atoms with Crippen LogP contribution in [0.25, 0.3) is 11.6 Å². The standard InChI is InChI=1S/C12H9NO3/c13-11(14)6-10(12(15)16)9-5-7-3-1-2-4-8(7)9/h1-6H,(H2,13,14)(H,15,16)/b10-6-. The summed E-state index contributed by atoms with van der Waals surface area (Å²) in [7, 11) is 0. The highest BCUT2D eigenvalue weighted by atomic mass is 16.4. The predicted octanol–water partition coefficient (Wildman–Crippen LogP) is 1.04. The van der Waals surface area contributed by atoms with Gasteiger partial charge in [0.2, 0.25) is 5.91 Å². The molecule has 16 heavy (non-hydrogen) atoms. The summed E-state index contributed by atoms with van der Waals surface area (Å²) in [5.41, 5.74) is 7.24. The van der Waals surface area contributed by atoms with Gasteiger partial charge in [0.05, 0.1) is 5.57 Å². The first-order chi connectivity index (χ1) is 7.59. The Balaban J connectivity index is 2.41. The van der Waals surface area contributed by atoms with Crippen molar-refractivity contribution in [2.75, 3.05) is 0 Å². The number of carbonyl (C=O) groups is 2. The summed E-state index contributed by atoms with van der Waals surface area (Å²) in [5, 5.41) is 8.97. The van der Waals surface area contributed by atoms with Gasteiger partial charge in [0.1, 0.15) is 0 Å². The molecule has 0 unspecified atom stereocenters. The van der Waals surface area contributed by atoms with Crippen LogP contribution < -0.4 is 5.73 Å². The third-order valence-electron chi connectivity index (χ3n) is 2.36. The Morgan fingerprint density at radius 2 is 1.94 bits per heavy atom. The van der Waals surface area contributed by atoms with Gasteiger partial charge < -0.3 is 10.8 Å². The molecule has 1 aromatic rings. The number of hydrogen-bond donors (Lipinski definition) is 2. The van der Waals surface area contributed by atoms with Crippen molar-refractivity contribution in [3.63, 3.8) is 0 Å². The van der Waals surface area contributed by atoms with Gasteiger partial charge in [-0.05, 0) is 22.8 Å². The Labute approximate surface area is 91.7 Å². The molecule has 0 aromatic heterocycles.